The molecular formula is C13H14BrNO4S. The minimum absolute atomic E-state index is 0.0410. The highest BCUT2D eigenvalue weighted by molar-refractivity contribution is 9.10. The van der Waals surface area contributed by atoms with E-state index in [-0.39, 0.29) is 21.9 Å². The summed E-state index contributed by atoms with van der Waals surface area (Å²) in [4.78, 5) is -0.0410. The molecule has 1 aromatic heterocycles. The van der Waals surface area contributed by atoms with Gasteiger partial charge in [-0.15, -0.1) is 0 Å². The highest BCUT2D eigenvalue weighted by atomic mass is 79.9. The van der Waals surface area contributed by atoms with Crippen LogP contribution in [0, 0.1) is 13.8 Å². The lowest BCUT2D eigenvalue weighted by molar-refractivity contribution is 0.245. The monoisotopic (exact) mass is 359 g/mol. The van der Waals surface area contributed by atoms with Gasteiger partial charge in [0.2, 0.25) is 0 Å². The lowest BCUT2D eigenvalue weighted by Gasteiger charge is -2.08. The summed E-state index contributed by atoms with van der Waals surface area (Å²) in [6, 6.07) is 6.72. The molecule has 0 bridgehead atoms. The maximum absolute atomic E-state index is 12.3. The predicted molar refractivity (Wildman–Crippen MR) is 79.1 cm³/mol. The Morgan fingerprint density at radius 1 is 1.20 bits per heavy atom. The summed E-state index contributed by atoms with van der Waals surface area (Å²) < 4.78 is 32.2. The SMILES string of the molecule is Cc1cc(C)cc(NS(=O)(=O)c2cc(CO)oc2Br)c1. The van der Waals surface area contributed by atoms with Crippen molar-refractivity contribution in [3.8, 4) is 0 Å². The molecule has 0 amide bonds. The summed E-state index contributed by atoms with van der Waals surface area (Å²) in [5.41, 5.74) is 2.41. The van der Waals surface area contributed by atoms with Crippen molar-refractivity contribution in [2.75, 3.05) is 4.72 Å². The Morgan fingerprint density at radius 3 is 2.30 bits per heavy atom. The molecule has 7 heteroatoms. The number of benzene rings is 1. The van der Waals surface area contributed by atoms with Crippen molar-refractivity contribution >= 4 is 31.6 Å². The van der Waals surface area contributed by atoms with Crippen LogP contribution >= 0.6 is 15.9 Å². The molecule has 0 aliphatic rings. The Balaban J connectivity index is 2.37. The summed E-state index contributed by atoms with van der Waals surface area (Å²) >= 11 is 3.04. The van der Waals surface area contributed by atoms with Crippen molar-refractivity contribution in [1.82, 2.24) is 0 Å². The highest BCUT2D eigenvalue weighted by Gasteiger charge is 2.22. The number of aryl methyl sites for hydroxylation is 2. The molecule has 0 aliphatic heterocycles. The van der Waals surface area contributed by atoms with E-state index >= 15 is 0 Å². The van der Waals surface area contributed by atoms with Gasteiger partial charge in [0.25, 0.3) is 10.0 Å². The van der Waals surface area contributed by atoms with E-state index in [1.54, 1.807) is 12.1 Å². The quantitative estimate of drug-likeness (QED) is 0.879. The molecule has 0 aliphatic carbocycles. The first-order valence-corrected chi connectivity index (χ1v) is 8.09. The normalized spacial score (nSPS) is 11.6. The van der Waals surface area contributed by atoms with Crippen LogP contribution in [0.15, 0.2) is 38.2 Å². The van der Waals surface area contributed by atoms with Gasteiger partial charge in [-0.2, -0.15) is 0 Å². The van der Waals surface area contributed by atoms with Crippen LogP contribution in [0.1, 0.15) is 16.9 Å². The zero-order chi connectivity index (χ0) is 14.9. The number of nitrogens with one attached hydrogen (secondary N) is 1. The second-order valence-corrected chi connectivity index (χ2v) is 6.86. The number of sulfonamides is 1. The number of furan rings is 1. The number of anilines is 1. The first-order valence-electron chi connectivity index (χ1n) is 5.82. The highest BCUT2D eigenvalue weighted by Crippen LogP contribution is 2.28. The fourth-order valence-corrected chi connectivity index (χ4v) is 3.94. The average Bonchev–Trinajstić information content (AvgIpc) is 2.69. The van der Waals surface area contributed by atoms with Crippen LogP contribution in [0.3, 0.4) is 0 Å². The van der Waals surface area contributed by atoms with Crippen LogP contribution < -0.4 is 4.72 Å². The number of rotatable bonds is 4. The summed E-state index contributed by atoms with van der Waals surface area (Å²) in [6.45, 7) is 3.42. The predicted octanol–water partition coefficient (Wildman–Crippen LogP) is 2.95. The van der Waals surface area contributed by atoms with Crippen LogP contribution in [0.25, 0.3) is 0 Å². The molecule has 0 saturated heterocycles. The third kappa shape index (κ3) is 3.23. The maximum atomic E-state index is 12.3. The molecule has 0 atom stereocenters. The van der Waals surface area contributed by atoms with Gasteiger partial charge in [-0.25, -0.2) is 8.42 Å². The molecule has 0 spiro atoms. The molecule has 0 saturated carbocycles. The summed E-state index contributed by atoms with van der Waals surface area (Å²) in [5.74, 6) is 0.178. The number of hydrogen-bond acceptors (Lipinski definition) is 4. The zero-order valence-corrected chi connectivity index (χ0v) is 13.4. The van der Waals surface area contributed by atoms with Gasteiger partial charge in [-0.3, -0.25) is 4.72 Å². The lowest BCUT2D eigenvalue weighted by Crippen LogP contribution is -2.12. The van der Waals surface area contributed by atoms with Gasteiger partial charge in [-0.05, 0) is 53.0 Å². The van der Waals surface area contributed by atoms with Crippen molar-refractivity contribution in [3.05, 3.63) is 45.8 Å². The number of aliphatic hydroxyl groups is 1. The van der Waals surface area contributed by atoms with Gasteiger partial charge in [0.1, 0.15) is 17.3 Å². The minimum atomic E-state index is -3.77. The Bertz CT molecular complexity index is 717. The lowest BCUT2D eigenvalue weighted by atomic mass is 10.1. The fraction of sp³-hybridized carbons (Fsp3) is 0.231. The van der Waals surface area contributed by atoms with Gasteiger partial charge < -0.3 is 9.52 Å². The molecule has 0 fully saturated rings. The van der Waals surface area contributed by atoms with Gasteiger partial charge in [-0.1, -0.05) is 6.07 Å². The zero-order valence-electron chi connectivity index (χ0n) is 11.0. The van der Waals surface area contributed by atoms with Crippen LogP contribution in [-0.2, 0) is 16.6 Å². The summed E-state index contributed by atoms with van der Waals surface area (Å²) in [7, 11) is -3.77. The topological polar surface area (TPSA) is 79.5 Å². The van der Waals surface area contributed by atoms with Crippen LogP contribution in [0.5, 0.6) is 0 Å². The van der Waals surface area contributed by atoms with E-state index in [1.165, 1.54) is 6.07 Å². The first kappa shape index (κ1) is 15.1. The van der Waals surface area contributed by atoms with Gasteiger partial charge in [0.15, 0.2) is 4.67 Å². The van der Waals surface area contributed by atoms with Crippen LogP contribution in [-0.4, -0.2) is 13.5 Å². The molecule has 1 heterocycles. The Labute approximate surface area is 125 Å². The number of hydrogen-bond donors (Lipinski definition) is 2. The molecule has 108 valence electrons. The third-order valence-electron chi connectivity index (χ3n) is 2.63. The van der Waals surface area contributed by atoms with E-state index in [9.17, 15) is 8.42 Å². The second-order valence-electron chi connectivity index (χ2n) is 4.49. The molecule has 0 radical (unpaired) electrons. The standard InChI is InChI=1S/C13H14BrNO4S/c1-8-3-9(2)5-10(4-8)15-20(17,18)12-6-11(7-16)19-13(12)14/h3-6,15-16H,7H2,1-2H3. The molecule has 2 N–H and O–H groups in total. The molecule has 5 nitrogen and oxygen atoms in total. The van der Waals surface area contributed by atoms with Gasteiger partial charge in [0, 0.05) is 11.8 Å². The number of halogens is 1. The largest absolute Gasteiger partial charge is 0.450 e. The molecule has 2 rings (SSSR count). The molecule has 1 aromatic carbocycles. The second kappa shape index (κ2) is 5.59. The van der Waals surface area contributed by atoms with E-state index in [1.807, 2.05) is 19.9 Å². The number of aliphatic hydroxyl groups excluding tert-OH is 1. The van der Waals surface area contributed by atoms with Crippen molar-refractivity contribution < 1.29 is 17.9 Å². The minimum Gasteiger partial charge on any atom is -0.450 e. The van der Waals surface area contributed by atoms with Crippen molar-refractivity contribution in [1.29, 1.82) is 0 Å². The smallest absolute Gasteiger partial charge is 0.266 e. The third-order valence-corrected chi connectivity index (χ3v) is 4.86. The van der Waals surface area contributed by atoms with Crippen LogP contribution in [0.2, 0.25) is 0 Å². The molecule has 0 unspecified atom stereocenters. The summed E-state index contributed by atoms with van der Waals surface area (Å²) in [5, 5.41) is 8.97. The summed E-state index contributed by atoms with van der Waals surface area (Å²) in [6.07, 6.45) is 0. The Hall–Kier alpha value is -1.31. The van der Waals surface area contributed by atoms with E-state index in [0.29, 0.717) is 5.69 Å². The molecule has 2 aromatic rings. The molecule has 20 heavy (non-hydrogen) atoms. The van der Waals surface area contributed by atoms with E-state index in [0.717, 1.165) is 11.1 Å². The van der Waals surface area contributed by atoms with E-state index in [2.05, 4.69) is 20.7 Å². The molecular weight excluding hydrogens is 346 g/mol. The first-order chi connectivity index (χ1) is 9.31. The Morgan fingerprint density at radius 2 is 1.80 bits per heavy atom. The average molecular weight is 360 g/mol. The van der Waals surface area contributed by atoms with E-state index in [4.69, 9.17) is 9.52 Å². The van der Waals surface area contributed by atoms with Crippen molar-refractivity contribution in [2.24, 2.45) is 0 Å². The van der Waals surface area contributed by atoms with E-state index < -0.39 is 10.0 Å². The van der Waals surface area contributed by atoms with Crippen molar-refractivity contribution in [3.63, 3.8) is 0 Å². The fourth-order valence-electron chi connectivity index (χ4n) is 1.90. The van der Waals surface area contributed by atoms with Crippen LogP contribution in [0.4, 0.5) is 5.69 Å². The maximum Gasteiger partial charge on any atom is 0.266 e. The van der Waals surface area contributed by atoms with Gasteiger partial charge in [0.05, 0.1) is 0 Å². The van der Waals surface area contributed by atoms with Crippen molar-refractivity contribution in [2.45, 2.75) is 25.3 Å². The van der Waals surface area contributed by atoms with Gasteiger partial charge >= 0.3 is 0 Å². The Kier molecular flexibility index (Phi) is 4.22.